The predicted molar refractivity (Wildman–Crippen MR) is 68.6 cm³/mol. The fraction of sp³-hybridized carbons (Fsp3) is 0.583. The second-order valence-electron chi connectivity index (χ2n) is 4.31. The van der Waals surface area contributed by atoms with Crippen LogP contribution in [-0.2, 0) is 33.4 Å². The van der Waals surface area contributed by atoms with Gasteiger partial charge in [-0.1, -0.05) is 0 Å². The van der Waals surface area contributed by atoms with Crippen molar-refractivity contribution in [3.05, 3.63) is 0 Å². The van der Waals surface area contributed by atoms with Gasteiger partial charge in [-0.3, -0.25) is 19.2 Å². The van der Waals surface area contributed by atoms with Crippen LogP contribution in [0.25, 0.3) is 0 Å². The van der Waals surface area contributed by atoms with E-state index < -0.39 is 55.3 Å². The van der Waals surface area contributed by atoms with E-state index in [1.54, 1.807) is 0 Å². The van der Waals surface area contributed by atoms with E-state index in [0.29, 0.717) is 0 Å². The maximum Gasteiger partial charge on any atom is 0.345 e. The summed E-state index contributed by atoms with van der Waals surface area (Å²) in [6.07, 6.45) is -3.62. The summed E-state index contributed by atoms with van der Waals surface area (Å²) >= 11 is 0. The number of carboxylic acid groups (broad SMARTS) is 2. The standard InChI is InChI=1S/C12H17NO9/c1-6(14)7(13)5-21-10(17)2-3-11(18)22-8(12(19)20)4-9(15)16/h7-8H,2-5,13H2,1H3,(H,15,16)(H,19,20)/t7-,8-/m0/s1. The summed E-state index contributed by atoms with van der Waals surface area (Å²) in [5.74, 6) is -5.30. The van der Waals surface area contributed by atoms with E-state index in [0.717, 1.165) is 0 Å². The van der Waals surface area contributed by atoms with E-state index in [4.69, 9.17) is 15.9 Å². The van der Waals surface area contributed by atoms with Gasteiger partial charge in [-0.05, 0) is 6.92 Å². The number of carbonyl (C=O) groups is 5. The molecule has 124 valence electrons. The highest BCUT2D eigenvalue weighted by Gasteiger charge is 2.25. The van der Waals surface area contributed by atoms with Gasteiger partial charge in [0.05, 0.1) is 25.3 Å². The van der Waals surface area contributed by atoms with E-state index in [9.17, 15) is 24.0 Å². The van der Waals surface area contributed by atoms with E-state index >= 15 is 0 Å². The summed E-state index contributed by atoms with van der Waals surface area (Å²) in [6.45, 7) is 0.893. The van der Waals surface area contributed by atoms with Crippen molar-refractivity contribution in [2.24, 2.45) is 5.73 Å². The minimum Gasteiger partial charge on any atom is -0.481 e. The zero-order valence-electron chi connectivity index (χ0n) is 11.8. The molecule has 4 N–H and O–H groups in total. The molecule has 0 aromatic heterocycles. The van der Waals surface area contributed by atoms with Crippen LogP contribution < -0.4 is 5.73 Å². The lowest BCUT2D eigenvalue weighted by atomic mass is 10.2. The SMILES string of the molecule is CC(=O)[C@@H](N)COC(=O)CCC(=O)O[C@@H](CC(=O)O)C(=O)O. The number of hydrogen-bond acceptors (Lipinski definition) is 8. The number of carbonyl (C=O) groups excluding carboxylic acids is 3. The normalized spacial score (nSPS) is 12.8. The van der Waals surface area contributed by atoms with Gasteiger partial charge in [0.2, 0.25) is 6.10 Å². The van der Waals surface area contributed by atoms with Crippen molar-refractivity contribution in [3.8, 4) is 0 Å². The molecule has 0 saturated carbocycles. The lowest BCUT2D eigenvalue weighted by molar-refractivity contribution is -0.168. The second-order valence-corrected chi connectivity index (χ2v) is 4.31. The van der Waals surface area contributed by atoms with Crippen molar-refractivity contribution in [1.29, 1.82) is 0 Å². The van der Waals surface area contributed by atoms with Crippen LogP contribution in [0.15, 0.2) is 0 Å². The minimum absolute atomic E-state index is 0.333. The van der Waals surface area contributed by atoms with Gasteiger partial charge in [0, 0.05) is 0 Å². The van der Waals surface area contributed by atoms with Crippen LogP contribution in [0.3, 0.4) is 0 Å². The van der Waals surface area contributed by atoms with E-state index in [1.807, 2.05) is 0 Å². The Bertz CT molecular complexity index is 460. The van der Waals surface area contributed by atoms with Crippen molar-refractivity contribution < 1.29 is 43.7 Å². The topological polar surface area (TPSA) is 170 Å². The zero-order chi connectivity index (χ0) is 17.3. The molecule has 0 aromatic rings. The Balaban J connectivity index is 4.16. The molecule has 10 nitrogen and oxygen atoms in total. The van der Waals surface area contributed by atoms with Crippen molar-refractivity contribution >= 4 is 29.7 Å². The highest BCUT2D eigenvalue weighted by Crippen LogP contribution is 2.04. The maximum atomic E-state index is 11.3. The maximum absolute atomic E-state index is 11.3. The first-order chi connectivity index (χ1) is 10.1. The van der Waals surface area contributed by atoms with Crippen LogP contribution in [0.1, 0.15) is 26.2 Å². The Morgan fingerprint density at radius 2 is 1.59 bits per heavy atom. The van der Waals surface area contributed by atoms with Gasteiger partial charge in [-0.25, -0.2) is 4.79 Å². The molecule has 0 rings (SSSR count). The number of aliphatic carboxylic acids is 2. The molecule has 0 saturated heterocycles. The average Bonchev–Trinajstić information content (AvgIpc) is 2.40. The summed E-state index contributed by atoms with van der Waals surface area (Å²) < 4.78 is 9.06. The molecule has 2 atom stereocenters. The number of esters is 2. The van der Waals surface area contributed by atoms with Crippen LogP contribution in [-0.4, -0.2) is 58.6 Å². The van der Waals surface area contributed by atoms with E-state index in [1.165, 1.54) is 6.92 Å². The molecule has 0 radical (unpaired) electrons. The highest BCUT2D eigenvalue weighted by molar-refractivity contribution is 5.84. The second kappa shape index (κ2) is 9.45. The zero-order valence-corrected chi connectivity index (χ0v) is 11.8. The van der Waals surface area contributed by atoms with Crippen LogP contribution in [0.5, 0.6) is 0 Å². The molecule has 0 aliphatic rings. The fourth-order valence-electron chi connectivity index (χ4n) is 1.13. The van der Waals surface area contributed by atoms with Crippen molar-refractivity contribution in [1.82, 2.24) is 0 Å². The van der Waals surface area contributed by atoms with E-state index in [2.05, 4.69) is 9.47 Å². The lowest BCUT2D eigenvalue weighted by Gasteiger charge is -2.12. The number of nitrogens with two attached hydrogens (primary N) is 1. The Hall–Kier alpha value is -2.49. The van der Waals surface area contributed by atoms with Crippen LogP contribution in [0.4, 0.5) is 0 Å². The summed E-state index contributed by atoms with van der Waals surface area (Å²) in [4.78, 5) is 54.5. The third kappa shape index (κ3) is 8.64. The third-order valence-electron chi connectivity index (χ3n) is 2.39. The molecule has 10 heteroatoms. The van der Waals surface area contributed by atoms with Gasteiger partial charge in [0.1, 0.15) is 12.4 Å². The largest absolute Gasteiger partial charge is 0.481 e. The Morgan fingerprint density at radius 3 is 2.05 bits per heavy atom. The van der Waals surface area contributed by atoms with Crippen molar-refractivity contribution in [2.75, 3.05) is 6.61 Å². The van der Waals surface area contributed by atoms with Crippen LogP contribution in [0, 0.1) is 0 Å². The molecular weight excluding hydrogens is 302 g/mol. The number of hydrogen-bond donors (Lipinski definition) is 3. The monoisotopic (exact) mass is 319 g/mol. The molecule has 0 aromatic carbocycles. The first-order valence-corrected chi connectivity index (χ1v) is 6.19. The number of rotatable bonds is 10. The molecule has 22 heavy (non-hydrogen) atoms. The fourth-order valence-corrected chi connectivity index (χ4v) is 1.13. The van der Waals surface area contributed by atoms with Gasteiger partial charge in [-0.15, -0.1) is 0 Å². The van der Waals surface area contributed by atoms with Crippen LogP contribution >= 0.6 is 0 Å². The quantitative estimate of drug-likeness (QED) is 0.411. The molecule has 0 unspecified atom stereocenters. The first-order valence-electron chi connectivity index (χ1n) is 6.19. The average molecular weight is 319 g/mol. The molecule has 0 fully saturated rings. The molecule has 0 heterocycles. The Labute approximate surface area is 125 Å². The van der Waals surface area contributed by atoms with Crippen molar-refractivity contribution in [2.45, 2.75) is 38.3 Å². The predicted octanol–water partition coefficient (Wildman–Crippen LogP) is -1.30. The van der Waals surface area contributed by atoms with Crippen LogP contribution in [0.2, 0.25) is 0 Å². The third-order valence-corrected chi connectivity index (χ3v) is 2.39. The van der Waals surface area contributed by atoms with Gasteiger partial charge >= 0.3 is 23.9 Å². The molecule has 0 bridgehead atoms. The summed E-state index contributed by atoms with van der Waals surface area (Å²) in [7, 11) is 0. The van der Waals surface area contributed by atoms with Crippen molar-refractivity contribution in [3.63, 3.8) is 0 Å². The summed E-state index contributed by atoms with van der Waals surface area (Å²) in [5, 5.41) is 17.1. The Morgan fingerprint density at radius 1 is 1.05 bits per heavy atom. The van der Waals surface area contributed by atoms with E-state index in [-0.39, 0.29) is 12.4 Å². The van der Waals surface area contributed by atoms with Gasteiger partial charge in [-0.2, -0.15) is 0 Å². The molecule has 0 spiro atoms. The smallest absolute Gasteiger partial charge is 0.345 e. The molecule has 0 aliphatic heterocycles. The van der Waals surface area contributed by atoms with Gasteiger partial charge < -0.3 is 25.4 Å². The minimum atomic E-state index is -1.83. The number of ether oxygens (including phenoxy) is 2. The van der Waals surface area contributed by atoms with Gasteiger partial charge in [0.15, 0.2) is 0 Å². The first kappa shape index (κ1) is 19.5. The molecule has 0 aliphatic carbocycles. The number of Topliss-reactive ketones (excluding diaryl/α,β-unsaturated/α-hetero) is 1. The summed E-state index contributed by atoms with van der Waals surface area (Å²) in [6, 6.07) is -0.956. The molecular formula is C12H17NO9. The lowest BCUT2D eigenvalue weighted by Crippen LogP contribution is -2.34. The number of ketones is 1. The van der Waals surface area contributed by atoms with Gasteiger partial charge in [0.25, 0.3) is 0 Å². The Kier molecular flexibility index (Phi) is 8.38. The number of carboxylic acids is 2. The highest BCUT2D eigenvalue weighted by atomic mass is 16.6. The summed E-state index contributed by atoms with van der Waals surface area (Å²) in [5.41, 5.74) is 5.33. The molecule has 0 amide bonds.